The van der Waals surface area contributed by atoms with Crippen LogP contribution in [0.4, 0.5) is 8.78 Å². The van der Waals surface area contributed by atoms with E-state index in [1.807, 2.05) is 0 Å². The van der Waals surface area contributed by atoms with Crippen LogP contribution in [0.1, 0.15) is 0 Å². The minimum Gasteiger partial charge on any atom is -0.436 e. The first-order valence-electron chi connectivity index (χ1n) is 4.43. The monoisotopic (exact) mass is 294 g/mol. The number of rotatable bonds is 6. The Morgan fingerprint density at radius 1 is 1.41 bits per heavy atom. The van der Waals surface area contributed by atoms with E-state index >= 15 is 0 Å². The maximum Gasteiger partial charge on any atom is 0.300 e. The Labute approximate surface area is 108 Å². The molecule has 0 saturated carbocycles. The zero-order chi connectivity index (χ0) is 12.7. The summed E-state index contributed by atoms with van der Waals surface area (Å²) in [5.74, 6) is 2.55. The van der Waals surface area contributed by atoms with Crippen molar-refractivity contribution in [3.8, 4) is 18.1 Å². The van der Waals surface area contributed by atoms with Crippen LogP contribution in [0.2, 0.25) is 0 Å². The molecule has 0 amide bonds. The molecule has 17 heavy (non-hydrogen) atoms. The van der Waals surface area contributed by atoms with Crippen LogP contribution in [0.15, 0.2) is 24.3 Å². The fourth-order valence-electron chi connectivity index (χ4n) is 0.891. The summed E-state index contributed by atoms with van der Waals surface area (Å²) in [5.41, 5.74) is -2.86. The second-order valence-corrected chi connectivity index (χ2v) is 8.94. The van der Waals surface area contributed by atoms with Crippen molar-refractivity contribution < 1.29 is 17.8 Å². The lowest BCUT2D eigenvalue weighted by atomic mass is 10.3. The van der Waals surface area contributed by atoms with E-state index in [1.54, 1.807) is 0 Å². The van der Waals surface area contributed by atoms with E-state index in [1.165, 1.54) is 24.3 Å². The number of halogens is 2. The van der Waals surface area contributed by atoms with Gasteiger partial charge < -0.3 is 4.52 Å². The number of terminal acetylenes is 1. The number of hydrogen-bond donors (Lipinski definition) is 0. The first-order chi connectivity index (χ1) is 8.09. The fraction of sp³-hybridized carbons (Fsp3) is 0.200. The van der Waals surface area contributed by atoms with Gasteiger partial charge in [-0.25, -0.2) is 8.78 Å². The lowest BCUT2D eigenvalue weighted by molar-refractivity contribution is 0.199. The van der Waals surface area contributed by atoms with E-state index in [9.17, 15) is 8.78 Å². The smallest absolute Gasteiger partial charge is 0.300 e. The average Bonchev–Trinajstić information content (AvgIpc) is 2.30. The van der Waals surface area contributed by atoms with E-state index in [0.29, 0.717) is 5.75 Å². The molecule has 0 fully saturated rings. The third-order valence-corrected chi connectivity index (χ3v) is 6.37. The van der Waals surface area contributed by atoms with Crippen molar-refractivity contribution in [2.75, 3.05) is 12.6 Å². The average molecular weight is 294 g/mol. The highest BCUT2D eigenvalue weighted by atomic mass is 32.9. The van der Waals surface area contributed by atoms with Gasteiger partial charge in [-0.1, -0.05) is 5.92 Å². The van der Waals surface area contributed by atoms with Crippen molar-refractivity contribution in [2.45, 2.75) is 0 Å². The minimum absolute atomic E-state index is 0.262. The molecule has 1 aromatic rings. The van der Waals surface area contributed by atoms with Gasteiger partial charge in [-0.15, -0.1) is 6.42 Å². The topological polar surface area (TPSA) is 18.5 Å². The van der Waals surface area contributed by atoms with Crippen molar-refractivity contribution in [3.63, 3.8) is 0 Å². The molecule has 0 aromatic heterocycles. The Bertz CT molecular complexity index is 445. The van der Waals surface area contributed by atoms with Crippen LogP contribution in [0.25, 0.3) is 0 Å². The molecule has 1 atom stereocenters. The van der Waals surface area contributed by atoms with E-state index in [2.05, 4.69) is 5.92 Å². The zero-order valence-corrected chi connectivity index (χ0v) is 11.2. The fourth-order valence-corrected chi connectivity index (χ4v) is 4.11. The molecule has 1 unspecified atom stereocenters. The predicted octanol–water partition coefficient (Wildman–Crippen LogP) is 3.74. The molecule has 0 aliphatic rings. The molecule has 0 N–H and O–H groups in total. The molecule has 0 heterocycles. The standard InChI is InChI=1S/C10H9F2O2PS2/c1-2-7-17-15(16,13-8-11)14-10-5-3-9(12)4-6-10/h1,3-6H,7-8H2. The molecule has 7 heteroatoms. The van der Waals surface area contributed by atoms with Crippen molar-refractivity contribution >= 4 is 28.9 Å². The van der Waals surface area contributed by atoms with Crippen molar-refractivity contribution in [2.24, 2.45) is 0 Å². The van der Waals surface area contributed by atoms with Gasteiger partial charge in [0.05, 0.1) is 5.75 Å². The summed E-state index contributed by atoms with van der Waals surface area (Å²) < 4.78 is 35.0. The Hall–Kier alpha value is -0.600. The van der Waals surface area contributed by atoms with Gasteiger partial charge in [0, 0.05) is 0 Å². The van der Waals surface area contributed by atoms with E-state index in [4.69, 9.17) is 27.3 Å². The Balaban J connectivity index is 2.76. The summed E-state index contributed by atoms with van der Waals surface area (Å²) in [7, 11) is 0. The molecule has 0 saturated heterocycles. The van der Waals surface area contributed by atoms with Crippen LogP contribution in [-0.2, 0) is 16.3 Å². The molecule has 0 spiro atoms. The van der Waals surface area contributed by atoms with Gasteiger partial charge in [0.25, 0.3) is 0 Å². The van der Waals surface area contributed by atoms with Gasteiger partial charge in [0.15, 0.2) is 6.86 Å². The molecule has 92 valence electrons. The highest BCUT2D eigenvalue weighted by Gasteiger charge is 2.21. The summed E-state index contributed by atoms with van der Waals surface area (Å²) in [5, 5.41) is 0. The van der Waals surface area contributed by atoms with E-state index in [0.717, 1.165) is 11.4 Å². The highest BCUT2D eigenvalue weighted by molar-refractivity contribution is 8.68. The third kappa shape index (κ3) is 5.05. The van der Waals surface area contributed by atoms with Crippen LogP contribution in [0, 0.1) is 18.2 Å². The van der Waals surface area contributed by atoms with Crippen LogP contribution in [-0.4, -0.2) is 12.6 Å². The molecular formula is C10H9F2O2PS2. The van der Waals surface area contributed by atoms with E-state index < -0.39 is 18.4 Å². The molecule has 0 bridgehead atoms. The summed E-state index contributed by atoms with van der Waals surface area (Å²) in [4.78, 5) is 0. The van der Waals surface area contributed by atoms with Crippen molar-refractivity contribution in [1.29, 1.82) is 0 Å². The second kappa shape index (κ2) is 6.97. The minimum atomic E-state index is -2.86. The van der Waals surface area contributed by atoms with Crippen LogP contribution in [0.5, 0.6) is 5.75 Å². The number of alkyl halides is 1. The summed E-state index contributed by atoms with van der Waals surface area (Å²) in [6.07, 6.45) is 5.09. The quantitative estimate of drug-likeness (QED) is 0.587. The summed E-state index contributed by atoms with van der Waals surface area (Å²) in [6.45, 7) is -1.05. The molecule has 0 aliphatic heterocycles. The molecule has 1 aromatic carbocycles. The van der Waals surface area contributed by atoms with Gasteiger partial charge in [-0.2, -0.15) is 0 Å². The maximum absolute atomic E-state index is 12.7. The van der Waals surface area contributed by atoms with Crippen LogP contribution >= 0.6 is 17.1 Å². The molecular weight excluding hydrogens is 285 g/mol. The van der Waals surface area contributed by atoms with Gasteiger partial charge in [-0.3, -0.25) is 4.52 Å². The number of benzene rings is 1. The van der Waals surface area contributed by atoms with Gasteiger partial charge >= 0.3 is 5.69 Å². The summed E-state index contributed by atoms with van der Waals surface area (Å²) in [6, 6.07) is 5.23. The number of hydrogen-bond acceptors (Lipinski definition) is 4. The van der Waals surface area contributed by atoms with Crippen LogP contribution in [0.3, 0.4) is 0 Å². The largest absolute Gasteiger partial charge is 0.436 e. The molecule has 0 radical (unpaired) electrons. The van der Waals surface area contributed by atoms with Gasteiger partial charge in [-0.05, 0) is 47.5 Å². The molecule has 0 aliphatic carbocycles. The Kier molecular flexibility index (Phi) is 5.93. The first kappa shape index (κ1) is 14.5. The molecule has 2 nitrogen and oxygen atoms in total. The lowest BCUT2D eigenvalue weighted by Gasteiger charge is -2.19. The van der Waals surface area contributed by atoms with Gasteiger partial charge in [0.2, 0.25) is 0 Å². The third-order valence-electron chi connectivity index (χ3n) is 1.54. The maximum atomic E-state index is 12.7. The normalized spacial score (nSPS) is 13.7. The van der Waals surface area contributed by atoms with Crippen LogP contribution < -0.4 is 4.52 Å². The zero-order valence-electron chi connectivity index (χ0n) is 8.64. The predicted molar refractivity (Wildman–Crippen MR) is 69.7 cm³/mol. The second-order valence-electron chi connectivity index (χ2n) is 2.71. The Morgan fingerprint density at radius 3 is 2.59 bits per heavy atom. The van der Waals surface area contributed by atoms with Crippen molar-refractivity contribution in [3.05, 3.63) is 30.1 Å². The SMILES string of the molecule is C#CCSP(=S)(OCF)Oc1ccc(F)cc1. The van der Waals surface area contributed by atoms with Crippen molar-refractivity contribution in [1.82, 2.24) is 0 Å². The summed E-state index contributed by atoms with van der Waals surface area (Å²) >= 11 is 6.14. The Morgan fingerprint density at radius 2 is 2.06 bits per heavy atom. The first-order valence-corrected chi connectivity index (χ1v) is 8.66. The van der Waals surface area contributed by atoms with E-state index in [-0.39, 0.29) is 5.75 Å². The molecule has 1 rings (SSSR count). The van der Waals surface area contributed by atoms with Gasteiger partial charge in [0.1, 0.15) is 11.6 Å². The lowest BCUT2D eigenvalue weighted by Crippen LogP contribution is -1.95. The highest BCUT2D eigenvalue weighted by Crippen LogP contribution is 2.60.